The summed E-state index contributed by atoms with van der Waals surface area (Å²) in [5.74, 6) is 0.136. The average Bonchev–Trinajstić information content (AvgIpc) is 2.85. The van der Waals surface area contributed by atoms with Gasteiger partial charge < -0.3 is 0 Å². The molecule has 0 aromatic carbocycles. The van der Waals surface area contributed by atoms with Crippen molar-refractivity contribution in [1.29, 1.82) is 0 Å². The van der Waals surface area contributed by atoms with Gasteiger partial charge in [-0.2, -0.15) is 4.39 Å². The fourth-order valence-corrected chi connectivity index (χ4v) is 2.72. The summed E-state index contributed by atoms with van der Waals surface area (Å²) in [6.45, 7) is 2.10. The van der Waals surface area contributed by atoms with Crippen molar-refractivity contribution in [3.63, 3.8) is 0 Å². The van der Waals surface area contributed by atoms with Gasteiger partial charge in [-0.05, 0) is 24.4 Å². The van der Waals surface area contributed by atoms with Crippen LogP contribution in [0.4, 0.5) is 4.39 Å². The number of hydrogen-bond acceptors (Lipinski definition) is 3. The molecule has 3 rings (SSSR count). The van der Waals surface area contributed by atoms with Crippen LogP contribution in [0, 0.1) is 5.95 Å². The molecule has 1 aliphatic rings. The Morgan fingerprint density at radius 1 is 1.41 bits per heavy atom. The Bertz CT molecular complexity index is 574. The van der Waals surface area contributed by atoms with Gasteiger partial charge in [-0.3, -0.25) is 0 Å². The summed E-state index contributed by atoms with van der Waals surface area (Å²) < 4.78 is 15.2. The van der Waals surface area contributed by atoms with E-state index in [0.717, 1.165) is 25.7 Å². The summed E-state index contributed by atoms with van der Waals surface area (Å²) >= 11 is 5.76. The minimum atomic E-state index is -0.523. The van der Waals surface area contributed by atoms with E-state index in [9.17, 15) is 4.39 Å². The van der Waals surface area contributed by atoms with Crippen molar-refractivity contribution in [2.75, 3.05) is 0 Å². The maximum atomic E-state index is 13.7. The molecule has 0 aliphatic heterocycles. The standard InChI is InChI=1S/C11H12ClFN4/c1-11(4-2-3-5-11)9-15-8(13)7-6-14-10(12)16-17(7)9/h6H,2-5H2,1H3. The van der Waals surface area contributed by atoms with E-state index in [1.54, 1.807) is 0 Å². The second-order valence-electron chi connectivity index (χ2n) is 4.82. The van der Waals surface area contributed by atoms with Crippen LogP contribution in [0.2, 0.25) is 5.28 Å². The minimum Gasteiger partial charge on any atom is -0.223 e. The Hall–Kier alpha value is -1.23. The quantitative estimate of drug-likeness (QED) is 0.786. The van der Waals surface area contributed by atoms with E-state index < -0.39 is 5.95 Å². The molecule has 0 N–H and O–H groups in total. The fraction of sp³-hybridized carbons (Fsp3) is 0.545. The summed E-state index contributed by atoms with van der Waals surface area (Å²) in [6.07, 6.45) is 5.68. The first-order chi connectivity index (χ1) is 8.10. The average molecular weight is 255 g/mol. The van der Waals surface area contributed by atoms with Crippen LogP contribution in [0.25, 0.3) is 5.52 Å². The highest BCUT2D eigenvalue weighted by Gasteiger charge is 2.36. The Morgan fingerprint density at radius 2 is 2.12 bits per heavy atom. The van der Waals surface area contributed by atoms with Crippen molar-refractivity contribution in [1.82, 2.24) is 19.6 Å². The van der Waals surface area contributed by atoms with E-state index in [4.69, 9.17) is 11.6 Å². The monoisotopic (exact) mass is 254 g/mol. The predicted octanol–water partition coefficient (Wildman–Crippen LogP) is 2.75. The summed E-state index contributed by atoms with van der Waals surface area (Å²) in [5.41, 5.74) is 0.183. The van der Waals surface area contributed by atoms with E-state index in [1.165, 1.54) is 10.7 Å². The van der Waals surface area contributed by atoms with E-state index in [-0.39, 0.29) is 16.2 Å². The molecule has 1 aliphatic carbocycles. The number of aromatic nitrogens is 4. The second kappa shape index (κ2) is 3.63. The molecule has 0 radical (unpaired) electrons. The fourth-order valence-electron chi connectivity index (χ4n) is 2.60. The molecule has 0 atom stereocenters. The summed E-state index contributed by atoms with van der Waals surface area (Å²) in [6, 6.07) is 0. The third kappa shape index (κ3) is 1.60. The van der Waals surface area contributed by atoms with Crippen LogP contribution in [0.5, 0.6) is 0 Å². The Balaban J connectivity index is 2.25. The van der Waals surface area contributed by atoms with Crippen LogP contribution in [0.3, 0.4) is 0 Å². The Kier molecular flexibility index (Phi) is 2.33. The highest BCUT2D eigenvalue weighted by Crippen LogP contribution is 2.40. The third-order valence-corrected chi connectivity index (χ3v) is 3.74. The summed E-state index contributed by atoms with van der Waals surface area (Å²) in [4.78, 5) is 7.80. The molecular formula is C11H12ClFN4. The number of imidazole rings is 1. The molecule has 0 saturated heterocycles. The molecule has 6 heteroatoms. The normalized spacial score (nSPS) is 19.0. The van der Waals surface area contributed by atoms with Crippen molar-refractivity contribution in [3.05, 3.63) is 23.3 Å². The van der Waals surface area contributed by atoms with Crippen molar-refractivity contribution in [2.45, 2.75) is 38.0 Å². The van der Waals surface area contributed by atoms with Gasteiger partial charge in [0.2, 0.25) is 11.2 Å². The molecule has 0 amide bonds. The van der Waals surface area contributed by atoms with Crippen LogP contribution in [-0.4, -0.2) is 19.6 Å². The number of nitrogens with zero attached hydrogens (tertiary/aromatic N) is 4. The lowest BCUT2D eigenvalue weighted by Gasteiger charge is -2.20. The highest BCUT2D eigenvalue weighted by atomic mass is 35.5. The van der Waals surface area contributed by atoms with E-state index >= 15 is 0 Å². The molecular weight excluding hydrogens is 243 g/mol. The highest BCUT2D eigenvalue weighted by molar-refractivity contribution is 6.28. The number of rotatable bonds is 1. The van der Waals surface area contributed by atoms with Crippen molar-refractivity contribution in [2.24, 2.45) is 0 Å². The molecule has 90 valence electrons. The lowest BCUT2D eigenvalue weighted by molar-refractivity contribution is 0.443. The Labute approximate surface area is 103 Å². The van der Waals surface area contributed by atoms with Crippen LogP contribution in [0.1, 0.15) is 38.4 Å². The molecule has 2 aromatic heterocycles. The van der Waals surface area contributed by atoms with Crippen molar-refractivity contribution >= 4 is 17.1 Å². The van der Waals surface area contributed by atoms with Gasteiger partial charge in [-0.25, -0.2) is 14.5 Å². The van der Waals surface area contributed by atoms with E-state index in [1.807, 2.05) is 0 Å². The van der Waals surface area contributed by atoms with Crippen LogP contribution in [-0.2, 0) is 5.41 Å². The third-order valence-electron chi connectivity index (χ3n) is 3.57. The molecule has 0 unspecified atom stereocenters. The molecule has 1 saturated carbocycles. The van der Waals surface area contributed by atoms with Gasteiger partial charge in [-0.15, -0.1) is 5.10 Å². The van der Waals surface area contributed by atoms with E-state index in [0.29, 0.717) is 5.82 Å². The maximum absolute atomic E-state index is 13.7. The predicted molar refractivity (Wildman–Crippen MR) is 61.6 cm³/mol. The van der Waals surface area contributed by atoms with Gasteiger partial charge in [0.1, 0.15) is 11.3 Å². The molecule has 1 fully saturated rings. The lowest BCUT2D eigenvalue weighted by atomic mass is 9.88. The van der Waals surface area contributed by atoms with E-state index in [2.05, 4.69) is 22.0 Å². The van der Waals surface area contributed by atoms with Gasteiger partial charge in [-0.1, -0.05) is 19.8 Å². The van der Waals surface area contributed by atoms with Crippen LogP contribution in [0.15, 0.2) is 6.20 Å². The number of halogens is 2. The molecule has 17 heavy (non-hydrogen) atoms. The zero-order valence-corrected chi connectivity index (χ0v) is 10.2. The zero-order valence-electron chi connectivity index (χ0n) is 9.45. The molecule has 4 nitrogen and oxygen atoms in total. The number of hydrogen-bond donors (Lipinski definition) is 0. The largest absolute Gasteiger partial charge is 0.242 e. The van der Waals surface area contributed by atoms with Gasteiger partial charge in [0.05, 0.1) is 6.20 Å². The van der Waals surface area contributed by atoms with Crippen molar-refractivity contribution < 1.29 is 4.39 Å². The smallest absolute Gasteiger partial charge is 0.223 e. The second-order valence-corrected chi connectivity index (χ2v) is 5.16. The van der Waals surface area contributed by atoms with Crippen LogP contribution < -0.4 is 0 Å². The first-order valence-electron chi connectivity index (χ1n) is 5.67. The SMILES string of the molecule is CC1(c2nc(F)c3cnc(Cl)nn23)CCCC1. The summed E-state index contributed by atoms with van der Waals surface area (Å²) in [7, 11) is 0. The first kappa shape index (κ1) is 10.9. The first-order valence-corrected chi connectivity index (χ1v) is 6.05. The van der Waals surface area contributed by atoms with Gasteiger partial charge >= 0.3 is 0 Å². The van der Waals surface area contributed by atoms with Gasteiger partial charge in [0, 0.05) is 5.41 Å². The van der Waals surface area contributed by atoms with Crippen LogP contribution >= 0.6 is 11.6 Å². The van der Waals surface area contributed by atoms with Gasteiger partial charge in [0.25, 0.3) is 0 Å². The number of fused-ring (bicyclic) bond motifs is 1. The molecule has 0 bridgehead atoms. The molecule has 2 heterocycles. The minimum absolute atomic E-state index is 0.106. The Morgan fingerprint density at radius 3 is 2.82 bits per heavy atom. The summed E-state index contributed by atoms with van der Waals surface area (Å²) in [5, 5.41) is 4.16. The van der Waals surface area contributed by atoms with Gasteiger partial charge in [0.15, 0.2) is 0 Å². The topological polar surface area (TPSA) is 43.1 Å². The zero-order chi connectivity index (χ0) is 12.0. The maximum Gasteiger partial charge on any atom is 0.242 e. The molecule has 2 aromatic rings. The lowest BCUT2D eigenvalue weighted by Crippen LogP contribution is -2.21. The van der Waals surface area contributed by atoms with Crippen molar-refractivity contribution in [3.8, 4) is 0 Å². The molecule has 0 spiro atoms.